The molecule has 9 nitrogen and oxygen atoms in total. The van der Waals surface area contributed by atoms with Gasteiger partial charge in [-0.15, -0.1) is 0 Å². The van der Waals surface area contributed by atoms with Crippen molar-refractivity contribution >= 4 is 38.6 Å². The maximum Gasteiger partial charge on any atom is 0.344 e. The molecule has 4 N–H and O–H groups in total. The van der Waals surface area contributed by atoms with Gasteiger partial charge < -0.3 is 39.3 Å². The van der Waals surface area contributed by atoms with E-state index in [1.54, 1.807) is 44.3 Å². The van der Waals surface area contributed by atoms with Crippen molar-refractivity contribution < 1.29 is 33.9 Å². The standard InChI is InChI=1S/C28H29NO8/c1-6-13-9-16-20(18(10-13)34-4)15-11-19(35-5)22-17(30)8-7-14(21(22)26(15)37-28(16)33)27-25(32)23(29-3)24(31)12(2)36-27/h6-12,23-25,27,29-32H,1H2,2-5H3/t12-,23+,24+,25-,27+/m1/s1. The fourth-order valence-electron chi connectivity index (χ4n) is 5.37. The number of likely N-dealkylation sites (N-methyl/N-ethyl adjacent to an activating group) is 1. The van der Waals surface area contributed by atoms with E-state index in [1.807, 2.05) is 0 Å². The molecule has 5 atom stereocenters. The third kappa shape index (κ3) is 3.74. The Morgan fingerprint density at radius 2 is 1.70 bits per heavy atom. The first-order valence-corrected chi connectivity index (χ1v) is 11.9. The van der Waals surface area contributed by atoms with Crippen LogP contribution in [-0.4, -0.2) is 60.9 Å². The van der Waals surface area contributed by atoms with Crippen molar-refractivity contribution in [3.63, 3.8) is 0 Å². The predicted octanol–water partition coefficient (Wildman–Crippen LogP) is 3.23. The number of fused-ring (bicyclic) bond motifs is 5. The number of aliphatic hydroxyl groups excluding tert-OH is 2. The molecular weight excluding hydrogens is 478 g/mol. The maximum atomic E-state index is 13.3. The lowest BCUT2D eigenvalue weighted by Gasteiger charge is -2.42. The van der Waals surface area contributed by atoms with Crippen molar-refractivity contribution in [2.75, 3.05) is 21.3 Å². The number of phenols is 1. The summed E-state index contributed by atoms with van der Waals surface area (Å²) in [7, 11) is 4.63. The number of hydrogen-bond donors (Lipinski definition) is 4. The molecule has 1 fully saturated rings. The summed E-state index contributed by atoms with van der Waals surface area (Å²) in [6.07, 6.45) is -2.02. The van der Waals surface area contributed by atoms with Crippen LogP contribution in [0.25, 0.3) is 38.6 Å². The first-order valence-electron chi connectivity index (χ1n) is 11.9. The van der Waals surface area contributed by atoms with Crippen LogP contribution in [0.4, 0.5) is 0 Å². The molecule has 4 aromatic rings. The molecule has 0 radical (unpaired) electrons. The lowest BCUT2D eigenvalue weighted by atomic mass is 9.86. The SMILES string of the molecule is C=Cc1cc(OC)c2c(c1)c(=O)oc1c2cc(OC)c2c(O)ccc([C@@H]3O[C@H](C)[C@H](O)[C@H](NC)[C@H]3O)c21. The van der Waals surface area contributed by atoms with E-state index in [2.05, 4.69) is 11.9 Å². The normalized spacial score (nSPS) is 24.0. The lowest BCUT2D eigenvalue weighted by molar-refractivity contribution is -0.179. The van der Waals surface area contributed by atoms with Crippen LogP contribution in [0, 0.1) is 0 Å². The third-order valence-electron chi connectivity index (χ3n) is 7.22. The molecule has 3 aromatic carbocycles. The molecule has 0 aliphatic carbocycles. The summed E-state index contributed by atoms with van der Waals surface area (Å²) in [5.74, 6) is 0.669. The third-order valence-corrected chi connectivity index (χ3v) is 7.22. The fourth-order valence-corrected chi connectivity index (χ4v) is 5.37. The van der Waals surface area contributed by atoms with Crippen molar-refractivity contribution in [3.8, 4) is 17.2 Å². The summed E-state index contributed by atoms with van der Waals surface area (Å²) in [5, 5.41) is 37.6. The summed E-state index contributed by atoms with van der Waals surface area (Å²) in [6.45, 7) is 5.49. The number of rotatable bonds is 5. The highest BCUT2D eigenvalue weighted by Crippen LogP contribution is 2.47. The van der Waals surface area contributed by atoms with Crippen LogP contribution in [0.3, 0.4) is 0 Å². The number of benzene rings is 3. The second kappa shape index (κ2) is 9.35. The van der Waals surface area contributed by atoms with Gasteiger partial charge in [-0.2, -0.15) is 0 Å². The van der Waals surface area contributed by atoms with E-state index in [1.165, 1.54) is 20.3 Å². The number of nitrogens with one attached hydrogen (secondary N) is 1. The summed E-state index contributed by atoms with van der Waals surface area (Å²) >= 11 is 0. The van der Waals surface area contributed by atoms with Crippen LogP contribution < -0.4 is 20.4 Å². The zero-order chi connectivity index (χ0) is 26.6. The van der Waals surface area contributed by atoms with Crippen LogP contribution in [0.5, 0.6) is 17.2 Å². The number of aromatic hydroxyl groups is 1. The van der Waals surface area contributed by atoms with Gasteiger partial charge in [-0.1, -0.05) is 18.7 Å². The molecule has 1 aliphatic heterocycles. The van der Waals surface area contributed by atoms with E-state index in [0.29, 0.717) is 49.6 Å². The van der Waals surface area contributed by atoms with Gasteiger partial charge >= 0.3 is 5.63 Å². The highest BCUT2D eigenvalue weighted by molar-refractivity contribution is 6.19. The van der Waals surface area contributed by atoms with E-state index >= 15 is 0 Å². The molecule has 0 saturated carbocycles. The van der Waals surface area contributed by atoms with Crippen molar-refractivity contribution in [2.24, 2.45) is 0 Å². The second-order valence-corrected chi connectivity index (χ2v) is 9.18. The van der Waals surface area contributed by atoms with Gasteiger partial charge in [-0.05, 0) is 49.4 Å². The highest BCUT2D eigenvalue weighted by atomic mass is 16.5. The van der Waals surface area contributed by atoms with E-state index < -0.39 is 36.1 Å². The molecule has 37 heavy (non-hydrogen) atoms. The summed E-state index contributed by atoms with van der Waals surface area (Å²) in [4.78, 5) is 13.3. The van der Waals surface area contributed by atoms with Crippen molar-refractivity contribution in [1.29, 1.82) is 0 Å². The van der Waals surface area contributed by atoms with Crippen LogP contribution in [0.15, 0.2) is 46.1 Å². The van der Waals surface area contributed by atoms with Gasteiger partial charge in [0.05, 0.1) is 43.2 Å². The number of methoxy groups -OCH3 is 2. The second-order valence-electron chi connectivity index (χ2n) is 9.18. The molecule has 1 saturated heterocycles. The van der Waals surface area contributed by atoms with E-state index in [9.17, 15) is 20.1 Å². The van der Waals surface area contributed by atoms with Crippen molar-refractivity contribution in [3.05, 3.63) is 58.5 Å². The Hall–Kier alpha value is -3.63. The maximum absolute atomic E-state index is 13.3. The molecule has 2 heterocycles. The fraction of sp³-hybridized carbons (Fsp3) is 0.321. The minimum atomic E-state index is -1.15. The number of ether oxygens (including phenoxy) is 3. The molecule has 194 valence electrons. The van der Waals surface area contributed by atoms with E-state index in [-0.39, 0.29) is 11.3 Å². The monoisotopic (exact) mass is 507 g/mol. The van der Waals surface area contributed by atoms with Crippen molar-refractivity contribution in [1.82, 2.24) is 5.32 Å². The molecule has 1 aromatic heterocycles. The average molecular weight is 508 g/mol. The molecule has 0 spiro atoms. The zero-order valence-electron chi connectivity index (χ0n) is 20.9. The van der Waals surface area contributed by atoms with Gasteiger partial charge in [0.25, 0.3) is 0 Å². The molecule has 1 aliphatic rings. The molecule has 0 unspecified atom stereocenters. The number of phenolic OH excluding ortho intramolecular Hbond substituents is 1. The first-order chi connectivity index (χ1) is 17.7. The zero-order valence-corrected chi connectivity index (χ0v) is 20.9. The summed E-state index contributed by atoms with van der Waals surface area (Å²) in [5.41, 5.74) is 0.727. The minimum Gasteiger partial charge on any atom is -0.507 e. The molecule has 0 amide bonds. The Kier molecular flexibility index (Phi) is 6.33. The quantitative estimate of drug-likeness (QED) is 0.238. The Morgan fingerprint density at radius 3 is 2.35 bits per heavy atom. The van der Waals surface area contributed by atoms with E-state index in [0.717, 1.165) is 0 Å². The smallest absolute Gasteiger partial charge is 0.344 e. The van der Waals surface area contributed by atoms with Gasteiger partial charge in [0.2, 0.25) is 0 Å². The lowest BCUT2D eigenvalue weighted by Crippen LogP contribution is -2.58. The minimum absolute atomic E-state index is 0.0993. The van der Waals surface area contributed by atoms with Gasteiger partial charge in [0, 0.05) is 16.2 Å². The van der Waals surface area contributed by atoms with Gasteiger partial charge in [0.1, 0.15) is 35.0 Å². The topological polar surface area (TPSA) is 131 Å². The number of aliphatic hydroxyl groups is 2. The Balaban J connectivity index is 1.95. The number of hydrogen-bond acceptors (Lipinski definition) is 9. The van der Waals surface area contributed by atoms with Gasteiger partial charge in [-0.25, -0.2) is 4.79 Å². The van der Waals surface area contributed by atoms with Gasteiger partial charge in [-0.3, -0.25) is 0 Å². The largest absolute Gasteiger partial charge is 0.507 e. The van der Waals surface area contributed by atoms with Crippen LogP contribution in [0.1, 0.15) is 24.2 Å². The summed E-state index contributed by atoms with van der Waals surface area (Å²) in [6, 6.07) is 7.53. The molecule has 0 bridgehead atoms. The summed E-state index contributed by atoms with van der Waals surface area (Å²) < 4.78 is 23.3. The van der Waals surface area contributed by atoms with Crippen LogP contribution >= 0.6 is 0 Å². The van der Waals surface area contributed by atoms with Crippen molar-refractivity contribution in [2.45, 2.75) is 37.4 Å². The average Bonchev–Trinajstić information content (AvgIpc) is 2.90. The highest BCUT2D eigenvalue weighted by Gasteiger charge is 2.43. The first kappa shape index (κ1) is 25.0. The molecule has 9 heteroatoms. The Labute approximate surface area is 212 Å². The molecular formula is C28H29NO8. The molecule has 5 rings (SSSR count). The van der Waals surface area contributed by atoms with Crippen LogP contribution in [0.2, 0.25) is 0 Å². The van der Waals surface area contributed by atoms with E-state index in [4.69, 9.17) is 18.6 Å². The van der Waals surface area contributed by atoms with Crippen LogP contribution in [-0.2, 0) is 4.74 Å². The Bertz CT molecular complexity index is 1590. The Morgan fingerprint density at radius 1 is 1.00 bits per heavy atom. The van der Waals surface area contributed by atoms with Gasteiger partial charge in [0.15, 0.2) is 0 Å². The predicted molar refractivity (Wildman–Crippen MR) is 141 cm³/mol.